The summed E-state index contributed by atoms with van der Waals surface area (Å²) in [7, 11) is -3.58. The number of carbonyl (C=O) groups excluding carboxylic acids is 2. The minimum atomic E-state index is -3.58. The molecule has 0 saturated carbocycles. The molecule has 2 amide bonds. The third-order valence-electron chi connectivity index (χ3n) is 6.97. The minimum Gasteiger partial charge on any atom is -0.350 e. The van der Waals surface area contributed by atoms with Gasteiger partial charge >= 0.3 is 0 Å². The van der Waals surface area contributed by atoms with Crippen molar-refractivity contribution in [2.45, 2.75) is 72.0 Å². The quantitative estimate of drug-likeness (QED) is 0.270. The number of nitrogens with one attached hydrogen (secondary N) is 1. The maximum atomic E-state index is 13.9. The van der Waals surface area contributed by atoms with Crippen LogP contribution in [-0.4, -0.2) is 49.5 Å². The maximum absolute atomic E-state index is 13.9. The van der Waals surface area contributed by atoms with Crippen LogP contribution in [0.15, 0.2) is 72.8 Å². The molecule has 0 fully saturated rings. The fourth-order valence-electron chi connectivity index (χ4n) is 4.68. The number of hydrogen-bond donors (Lipinski definition) is 1. The molecular weight excluding hydrogens is 570 g/mol. The summed E-state index contributed by atoms with van der Waals surface area (Å²) in [6.07, 6.45) is 1.86. The van der Waals surface area contributed by atoms with Crippen LogP contribution >= 0.6 is 11.6 Å². The van der Waals surface area contributed by atoms with Gasteiger partial charge in [-0.2, -0.15) is 0 Å². The number of benzene rings is 3. The summed E-state index contributed by atoms with van der Waals surface area (Å²) in [5, 5.41) is 3.63. The van der Waals surface area contributed by atoms with Gasteiger partial charge in [0.2, 0.25) is 21.8 Å². The van der Waals surface area contributed by atoms with Gasteiger partial charge in [0.1, 0.15) is 6.04 Å². The molecule has 0 spiro atoms. The predicted molar refractivity (Wildman–Crippen MR) is 171 cm³/mol. The third kappa shape index (κ3) is 9.88. The average molecular weight is 612 g/mol. The number of halogens is 1. The van der Waals surface area contributed by atoms with Crippen LogP contribution in [0.2, 0.25) is 5.02 Å². The molecule has 3 rings (SSSR count). The number of anilines is 1. The number of sulfonamides is 1. The van der Waals surface area contributed by atoms with Crippen molar-refractivity contribution in [2.24, 2.45) is 0 Å². The molecular formula is C33H42ClN3O4S. The van der Waals surface area contributed by atoms with Crippen molar-refractivity contribution in [2.75, 3.05) is 17.1 Å². The van der Waals surface area contributed by atoms with Crippen LogP contribution in [0.25, 0.3) is 0 Å². The molecule has 0 saturated heterocycles. The van der Waals surface area contributed by atoms with Gasteiger partial charge in [0.05, 0.1) is 11.9 Å². The highest BCUT2D eigenvalue weighted by Crippen LogP contribution is 2.23. The van der Waals surface area contributed by atoms with E-state index in [9.17, 15) is 18.0 Å². The second-order valence-corrected chi connectivity index (χ2v) is 14.1. The van der Waals surface area contributed by atoms with E-state index in [0.29, 0.717) is 17.1 Å². The van der Waals surface area contributed by atoms with E-state index in [1.54, 1.807) is 23.1 Å². The molecule has 3 aromatic rings. The molecule has 226 valence electrons. The van der Waals surface area contributed by atoms with Crippen LogP contribution in [-0.2, 0) is 32.6 Å². The molecule has 0 aliphatic heterocycles. The van der Waals surface area contributed by atoms with Gasteiger partial charge in [0.15, 0.2) is 0 Å². The van der Waals surface area contributed by atoms with Crippen LogP contribution in [0.4, 0.5) is 5.69 Å². The van der Waals surface area contributed by atoms with E-state index in [0.717, 1.165) is 22.3 Å². The van der Waals surface area contributed by atoms with Gasteiger partial charge in [-0.25, -0.2) is 8.42 Å². The Morgan fingerprint density at radius 1 is 0.905 bits per heavy atom. The Kier molecular flexibility index (Phi) is 11.2. The SMILES string of the molecule is Cc1ccc(N(CCCC(=O)N(Cc2ccc(Cl)cc2)[C@@H](Cc2ccccc2)C(=O)NC(C)(C)C)S(C)(=O)=O)cc1C. The molecule has 0 heterocycles. The Hall–Kier alpha value is -3.36. The van der Waals surface area contributed by atoms with Crippen molar-refractivity contribution in [1.29, 1.82) is 0 Å². The van der Waals surface area contributed by atoms with E-state index in [1.807, 2.05) is 89.2 Å². The Morgan fingerprint density at radius 2 is 1.55 bits per heavy atom. The molecule has 1 N–H and O–H groups in total. The molecule has 0 bridgehead atoms. The number of carbonyl (C=O) groups is 2. The van der Waals surface area contributed by atoms with Gasteiger partial charge in [-0.15, -0.1) is 0 Å². The number of amides is 2. The van der Waals surface area contributed by atoms with E-state index >= 15 is 0 Å². The summed E-state index contributed by atoms with van der Waals surface area (Å²) in [4.78, 5) is 29.2. The van der Waals surface area contributed by atoms with Gasteiger partial charge in [0, 0.05) is 36.5 Å². The Labute approximate surface area is 255 Å². The van der Waals surface area contributed by atoms with E-state index in [4.69, 9.17) is 11.6 Å². The summed E-state index contributed by atoms with van der Waals surface area (Å²) < 4.78 is 26.8. The Morgan fingerprint density at radius 3 is 2.12 bits per heavy atom. The van der Waals surface area contributed by atoms with Crippen molar-refractivity contribution < 1.29 is 18.0 Å². The Bertz CT molecular complexity index is 1470. The smallest absolute Gasteiger partial charge is 0.243 e. The summed E-state index contributed by atoms with van der Waals surface area (Å²) in [5.74, 6) is -0.481. The lowest BCUT2D eigenvalue weighted by atomic mass is 10.00. The molecule has 3 aromatic carbocycles. The van der Waals surface area contributed by atoms with Gasteiger partial charge in [0.25, 0.3) is 0 Å². The van der Waals surface area contributed by atoms with Crippen LogP contribution in [0, 0.1) is 13.8 Å². The molecule has 9 heteroatoms. The molecule has 0 aliphatic rings. The fourth-order valence-corrected chi connectivity index (χ4v) is 5.76. The van der Waals surface area contributed by atoms with Gasteiger partial charge in [-0.05, 0) is 87.6 Å². The molecule has 7 nitrogen and oxygen atoms in total. The topological polar surface area (TPSA) is 86.8 Å². The number of nitrogens with zero attached hydrogens (tertiary/aromatic N) is 2. The highest BCUT2D eigenvalue weighted by molar-refractivity contribution is 7.92. The average Bonchev–Trinajstić information content (AvgIpc) is 2.90. The van der Waals surface area contributed by atoms with Crippen LogP contribution in [0.1, 0.15) is 55.9 Å². The first-order valence-electron chi connectivity index (χ1n) is 14.1. The highest BCUT2D eigenvalue weighted by atomic mass is 35.5. The van der Waals surface area contributed by atoms with Crippen molar-refractivity contribution in [3.63, 3.8) is 0 Å². The molecule has 42 heavy (non-hydrogen) atoms. The molecule has 0 aromatic heterocycles. The van der Waals surface area contributed by atoms with E-state index in [1.165, 1.54) is 10.6 Å². The van der Waals surface area contributed by atoms with E-state index in [-0.39, 0.29) is 37.7 Å². The summed E-state index contributed by atoms with van der Waals surface area (Å²) in [6, 6.07) is 21.6. The zero-order chi connectivity index (χ0) is 31.1. The summed E-state index contributed by atoms with van der Waals surface area (Å²) in [5.41, 5.74) is 3.89. The maximum Gasteiger partial charge on any atom is 0.243 e. The van der Waals surface area contributed by atoms with Crippen LogP contribution in [0.5, 0.6) is 0 Å². The van der Waals surface area contributed by atoms with Gasteiger partial charge < -0.3 is 10.2 Å². The normalized spacial score (nSPS) is 12.5. The molecule has 1 atom stereocenters. The fraction of sp³-hybridized carbons (Fsp3) is 0.394. The zero-order valence-corrected chi connectivity index (χ0v) is 26.9. The van der Waals surface area contributed by atoms with Gasteiger partial charge in [-0.1, -0.05) is 60.1 Å². The first kappa shape index (κ1) is 33.1. The molecule has 0 unspecified atom stereocenters. The number of rotatable bonds is 12. The van der Waals surface area contributed by atoms with Crippen molar-refractivity contribution in [3.8, 4) is 0 Å². The first-order valence-corrected chi connectivity index (χ1v) is 16.3. The lowest BCUT2D eigenvalue weighted by Crippen LogP contribution is -2.54. The first-order chi connectivity index (χ1) is 19.6. The predicted octanol–water partition coefficient (Wildman–Crippen LogP) is 6.06. The number of hydrogen-bond acceptors (Lipinski definition) is 4. The summed E-state index contributed by atoms with van der Waals surface area (Å²) >= 11 is 6.11. The standard InChI is InChI=1S/C33H42ClN3O4S/c1-24-14-19-29(21-25(24)2)37(42(6,40)41)20-10-13-31(38)36(23-27-15-17-28(34)18-16-27)30(32(39)35-33(3,4)5)22-26-11-8-7-9-12-26/h7-9,11-12,14-19,21,30H,10,13,20,22-23H2,1-6H3,(H,35,39)/t30-/m0/s1. The monoisotopic (exact) mass is 611 g/mol. The lowest BCUT2D eigenvalue weighted by molar-refractivity contribution is -0.142. The number of aryl methyl sites for hydroxylation is 2. The molecule has 0 radical (unpaired) electrons. The minimum absolute atomic E-state index is 0.0680. The summed E-state index contributed by atoms with van der Waals surface area (Å²) in [6.45, 7) is 9.97. The van der Waals surface area contributed by atoms with Crippen LogP contribution < -0.4 is 9.62 Å². The van der Waals surface area contributed by atoms with E-state index < -0.39 is 21.6 Å². The van der Waals surface area contributed by atoms with E-state index in [2.05, 4.69) is 5.32 Å². The second kappa shape index (κ2) is 14.2. The van der Waals surface area contributed by atoms with Gasteiger partial charge in [-0.3, -0.25) is 13.9 Å². The van der Waals surface area contributed by atoms with Crippen molar-refractivity contribution >= 4 is 39.1 Å². The third-order valence-corrected chi connectivity index (χ3v) is 8.41. The van der Waals surface area contributed by atoms with Crippen molar-refractivity contribution in [1.82, 2.24) is 10.2 Å². The largest absolute Gasteiger partial charge is 0.350 e. The van der Waals surface area contributed by atoms with Crippen molar-refractivity contribution in [3.05, 3.63) is 100 Å². The highest BCUT2D eigenvalue weighted by Gasteiger charge is 2.32. The zero-order valence-electron chi connectivity index (χ0n) is 25.4. The van der Waals surface area contributed by atoms with Crippen LogP contribution in [0.3, 0.4) is 0 Å². The lowest BCUT2D eigenvalue weighted by Gasteiger charge is -2.34. The Balaban J connectivity index is 1.90. The second-order valence-electron chi connectivity index (χ2n) is 11.8. The molecule has 0 aliphatic carbocycles.